The van der Waals surface area contributed by atoms with E-state index in [1.807, 2.05) is 0 Å². The minimum atomic E-state index is -0.483. The maximum absolute atomic E-state index is 11.1. The maximum atomic E-state index is 11.1. The van der Waals surface area contributed by atoms with Gasteiger partial charge in [0.2, 0.25) is 0 Å². The molecular weight excluding hydrogens is 636 g/mol. The summed E-state index contributed by atoms with van der Waals surface area (Å²) in [5.41, 5.74) is -0.392. The first-order valence-electron chi connectivity index (χ1n) is 16.4. The molecule has 0 unspecified atom stereocenters. The van der Waals surface area contributed by atoms with Gasteiger partial charge in [-0.3, -0.25) is 4.79 Å². The molecule has 15 heteroatoms. The second kappa shape index (κ2) is 34.4. The summed E-state index contributed by atoms with van der Waals surface area (Å²) >= 11 is 0. The number of esters is 3. The third-order valence-electron chi connectivity index (χ3n) is 6.26. The van der Waals surface area contributed by atoms with Gasteiger partial charge in [-0.05, 0) is 6.42 Å². The maximum Gasteiger partial charge on any atom is 0.330 e. The van der Waals surface area contributed by atoms with Gasteiger partial charge in [0.05, 0.1) is 119 Å². The normalized spacial score (nSPS) is 11.3. The molecule has 0 radical (unpaired) electrons. The monoisotopic (exact) mass is 694 g/mol. The van der Waals surface area contributed by atoms with Crippen LogP contribution in [0.1, 0.15) is 26.7 Å². The van der Waals surface area contributed by atoms with E-state index in [1.54, 1.807) is 6.92 Å². The predicted molar refractivity (Wildman–Crippen MR) is 174 cm³/mol. The van der Waals surface area contributed by atoms with Crippen LogP contribution in [0.4, 0.5) is 0 Å². The summed E-state index contributed by atoms with van der Waals surface area (Å²) in [5, 5.41) is 0. The minimum absolute atomic E-state index is 0.161. The molecular formula is C33H58O15. The zero-order valence-corrected chi connectivity index (χ0v) is 29.0. The summed E-state index contributed by atoms with van der Waals surface area (Å²) in [6.07, 6.45) is 3.30. The summed E-state index contributed by atoms with van der Waals surface area (Å²) in [7, 11) is 0. The summed E-state index contributed by atoms with van der Waals surface area (Å²) < 4.78 is 65.2. The Bertz CT molecular complexity index is 766. The lowest BCUT2D eigenvalue weighted by molar-refractivity contribution is -0.145. The van der Waals surface area contributed by atoms with Gasteiger partial charge >= 0.3 is 17.9 Å². The van der Waals surface area contributed by atoms with E-state index in [9.17, 15) is 14.4 Å². The fraction of sp³-hybridized carbons (Fsp3) is 0.788. The molecule has 0 spiro atoms. The van der Waals surface area contributed by atoms with Crippen LogP contribution < -0.4 is 0 Å². The molecule has 48 heavy (non-hydrogen) atoms. The van der Waals surface area contributed by atoms with Crippen LogP contribution in [0.2, 0.25) is 0 Å². The van der Waals surface area contributed by atoms with E-state index in [2.05, 4.69) is 20.1 Å². The number of hydrogen-bond acceptors (Lipinski definition) is 15. The molecule has 0 aliphatic heterocycles. The summed E-state index contributed by atoms with van der Waals surface area (Å²) in [4.78, 5) is 33.1. The van der Waals surface area contributed by atoms with Crippen molar-refractivity contribution in [3.05, 3.63) is 25.3 Å². The Kier molecular flexibility index (Phi) is 32.6. The second-order valence-electron chi connectivity index (χ2n) is 10.0. The van der Waals surface area contributed by atoms with Crippen molar-refractivity contribution >= 4 is 17.9 Å². The molecule has 0 atom stereocenters. The fourth-order valence-corrected chi connectivity index (χ4v) is 3.45. The first-order valence-corrected chi connectivity index (χ1v) is 16.4. The lowest BCUT2D eigenvalue weighted by atomic mass is 9.88. The van der Waals surface area contributed by atoms with Crippen molar-refractivity contribution in [3.8, 4) is 0 Å². The van der Waals surface area contributed by atoms with Crippen LogP contribution in [0, 0.1) is 5.41 Å². The van der Waals surface area contributed by atoms with E-state index in [1.165, 1.54) is 0 Å². The molecule has 0 aromatic rings. The lowest BCUT2D eigenvalue weighted by Crippen LogP contribution is -2.38. The molecule has 0 saturated carbocycles. The Morgan fingerprint density at radius 1 is 0.438 bits per heavy atom. The number of hydrogen-bond donors (Lipinski definition) is 0. The van der Waals surface area contributed by atoms with Crippen molar-refractivity contribution in [3.63, 3.8) is 0 Å². The van der Waals surface area contributed by atoms with E-state index in [0.717, 1.165) is 18.6 Å². The SMILES string of the molecule is C=CC(=O)OCCOCCOCCOCC(CC)(COCCOCCOCCOC(=O)C=C)COCCOCCOCCOC(=O)CC. The van der Waals surface area contributed by atoms with Crippen molar-refractivity contribution in [1.29, 1.82) is 0 Å². The molecule has 0 fully saturated rings. The molecule has 0 aliphatic rings. The van der Waals surface area contributed by atoms with Gasteiger partial charge in [-0.1, -0.05) is 27.0 Å². The lowest BCUT2D eigenvalue weighted by Gasteiger charge is -2.32. The van der Waals surface area contributed by atoms with Crippen LogP contribution in [-0.4, -0.2) is 157 Å². The highest BCUT2D eigenvalue weighted by atomic mass is 16.6. The third kappa shape index (κ3) is 29.7. The zero-order valence-electron chi connectivity index (χ0n) is 29.0. The van der Waals surface area contributed by atoms with Crippen molar-refractivity contribution in [1.82, 2.24) is 0 Å². The number of rotatable bonds is 37. The zero-order chi connectivity index (χ0) is 35.4. The Balaban J connectivity index is 4.30. The van der Waals surface area contributed by atoms with E-state index in [-0.39, 0.29) is 39.0 Å². The Morgan fingerprint density at radius 2 is 0.708 bits per heavy atom. The van der Waals surface area contributed by atoms with Crippen LogP contribution in [-0.2, 0) is 71.2 Å². The van der Waals surface area contributed by atoms with Crippen LogP contribution >= 0.6 is 0 Å². The molecule has 0 rings (SSSR count). The Morgan fingerprint density at radius 3 is 0.979 bits per heavy atom. The third-order valence-corrected chi connectivity index (χ3v) is 6.26. The van der Waals surface area contributed by atoms with E-state index in [4.69, 9.17) is 56.8 Å². The number of carbonyl (C=O) groups is 3. The number of ether oxygens (including phenoxy) is 12. The highest BCUT2D eigenvalue weighted by Gasteiger charge is 2.30. The smallest absolute Gasteiger partial charge is 0.330 e. The second-order valence-corrected chi connectivity index (χ2v) is 10.0. The van der Waals surface area contributed by atoms with Crippen molar-refractivity contribution in [2.45, 2.75) is 26.7 Å². The number of carbonyl (C=O) groups excluding carboxylic acids is 3. The molecule has 0 aromatic heterocycles. The molecule has 0 bridgehead atoms. The molecule has 15 nitrogen and oxygen atoms in total. The van der Waals surface area contributed by atoms with Crippen molar-refractivity contribution in [2.24, 2.45) is 5.41 Å². The first kappa shape index (κ1) is 45.5. The van der Waals surface area contributed by atoms with Gasteiger partial charge in [-0.25, -0.2) is 9.59 Å². The van der Waals surface area contributed by atoms with Crippen LogP contribution in [0.3, 0.4) is 0 Å². The van der Waals surface area contributed by atoms with Crippen LogP contribution in [0.5, 0.6) is 0 Å². The standard InChI is InChI=1S/C33H58O15/c1-5-30(34)46-24-21-40-12-9-37-15-18-43-27-33(8-4,28-44-19-16-38-10-13-41-22-25-47-31(35)6-2)29-45-20-17-39-11-14-42-23-26-48-32(36)7-3/h5-6H,1-2,7-29H2,3-4H3. The molecule has 0 amide bonds. The molecule has 280 valence electrons. The summed E-state index contributed by atoms with van der Waals surface area (Å²) in [5.74, 6) is -1.22. The van der Waals surface area contributed by atoms with Gasteiger partial charge in [0.25, 0.3) is 0 Å². The molecule has 0 aliphatic carbocycles. The topological polar surface area (TPSA) is 162 Å². The van der Waals surface area contributed by atoms with Crippen molar-refractivity contribution in [2.75, 3.05) is 139 Å². The fourth-order valence-electron chi connectivity index (χ4n) is 3.45. The van der Waals surface area contributed by atoms with E-state index < -0.39 is 17.4 Å². The van der Waals surface area contributed by atoms with Gasteiger partial charge in [-0.2, -0.15) is 0 Å². The van der Waals surface area contributed by atoms with Gasteiger partial charge < -0.3 is 56.8 Å². The molecule has 0 heterocycles. The highest BCUT2D eigenvalue weighted by molar-refractivity contribution is 5.81. The van der Waals surface area contributed by atoms with Crippen LogP contribution in [0.15, 0.2) is 25.3 Å². The largest absolute Gasteiger partial charge is 0.463 e. The average Bonchev–Trinajstić information content (AvgIpc) is 3.10. The quantitative estimate of drug-likeness (QED) is 0.0401. The average molecular weight is 695 g/mol. The first-order chi connectivity index (χ1) is 23.4. The minimum Gasteiger partial charge on any atom is -0.463 e. The summed E-state index contributed by atoms with van der Waals surface area (Å²) in [6, 6.07) is 0. The Hall–Kier alpha value is -2.47. The van der Waals surface area contributed by atoms with Gasteiger partial charge in [0, 0.05) is 24.0 Å². The molecule has 0 aromatic carbocycles. The van der Waals surface area contributed by atoms with E-state index >= 15 is 0 Å². The van der Waals surface area contributed by atoms with Crippen molar-refractivity contribution < 1.29 is 71.2 Å². The summed E-state index contributed by atoms with van der Waals surface area (Å²) in [6.45, 7) is 17.7. The molecule has 0 N–H and O–H groups in total. The Labute approximate surface area is 285 Å². The van der Waals surface area contributed by atoms with Gasteiger partial charge in [-0.15, -0.1) is 0 Å². The predicted octanol–water partition coefficient (Wildman–Crippen LogP) is 1.94. The highest BCUT2D eigenvalue weighted by Crippen LogP contribution is 2.24. The van der Waals surface area contributed by atoms with Gasteiger partial charge in [0.1, 0.15) is 19.8 Å². The molecule has 0 saturated heterocycles. The van der Waals surface area contributed by atoms with Crippen LogP contribution in [0.25, 0.3) is 0 Å². The van der Waals surface area contributed by atoms with E-state index in [0.29, 0.717) is 112 Å². The van der Waals surface area contributed by atoms with Gasteiger partial charge in [0.15, 0.2) is 0 Å².